The van der Waals surface area contributed by atoms with Gasteiger partial charge in [-0.2, -0.15) is 0 Å². The van der Waals surface area contributed by atoms with Gasteiger partial charge in [-0.05, 0) is 45.0 Å². The van der Waals surface area contributed by atoms with Crippen LogP contribution >= 0.6 is 0 Å². The predicted octanol–water partition coefficient (Wildman–Crippen LogP) is 3.41. The summed E-state index contributed by atoms with van der Waals surface area (Å²) in [5, 5.41) is 0. The second-order valence-electron chi connectivity index (χ2n) is 6.77. The van der Waals surface area contributed by atoms with Gasteiger partial charge < -0.3 is 9.64 Å². The summed E-state index contributed by atoms with van der Waals surface area (Å²) in [4.78, 5) is 17.0. The third-order valence-electron chi connectivity index (χ3n) is 5.03. The molecule has 1 amide bonds. The van der Waals surface area contributed by atoms with Gasteiger partial charge in [-0.25, -0.2) is 0 Å². The molecular weight excluding hydrogens is 312 g/mol. The Balaban J connectivity index is 1.74. The van der Waals surface area contributed by atoms with Gasteiger partial charge in [0.05, 0.1) is 13.2 Å². The Labute approximate surface area is 150 Å². The molecule has 25 heavy (non-hydrogen) atoms. The molecule has 1 atom stereocenters. The first-order valence-electron chi connectivity index (χ1n) is 8.74. The molecule has 1 heterocycles. The van der Waals surface area contributed by atoms with Gasteiger partial charge in [0.25, 0.3) is 0 Å². The first-order chi connectivity index (χ1) is 12.0. The Morgan fingerprint density at radius 2 is 2.04 bits per heavy atom. The lowest BCUT2D eigenvalue weighted by atomic mass is 10.1. The number of anilines is 1. The number of rotatable bonds is 5. The standard InChI is InChI=1S/C21H26N2O2/c1-15-9-10-20(25-4)18(13-15)14-22(3)16(2)21(24)23-12-11-17-7-5-6-8-19(17)23/h5-10,13,16H,11-12,14H2,1-4H3. The third kappa shape index (κ3) is 3.54. The molecule has 0 N–H and O–H groups in total. The van der Waals surface area contributed by atoms with Gasteiger partial charge in [0, 0.05) is 24.3 Å². The van der Waals surface area contributed by atoms with Crippen LogP contribution in [0.2, 0.25) is 0 Å². The van der Waals surface area contributed by atoms with Gasteiger partial charge in [0.2, 0.25) is 5.91 Å². The summed E-state index contributed by atoms with van der Waals surface area (Å²) in [6, 6.07) is 14.1. The zero-order valence-corrected chi connectivity index (χ0v) is 15.5. The summed E-state index contributed by atoms with van der Waals surface area (Å²) in [7, 11) is 3.68. The normalized spacial score (nSPS) is 14.5. The van der Waals surface area contributed by atoms with Crippen LogP contribution < -0.4 is 9.64 Å². The van der Waals surface area contributed by atoms with Gasteiger partial charge in [-0.3, -0.25) is 9.69 Å². The van der Waals surface area contributed by atoms with Crippen LogP contribution in [-0.2, 0) is 17.8 Å². The van der Waals surface area contributed by atoms with Gasteiger partial charge in [-0.1, -0.05) is 35.9 Å². The molecule has 3 rings (SSSR count). The summed E-state index contributed by atoms with van der Waals surface area (Å²) in [6.07, 6.45) is 0.935. The van der Waals surface area contributed by atoms with Crippen molar-refractivity contribution in [1.82, 2.24) is 4.90 Å². The van der Waals surface area contributed by atoms with E-state index in [1.54, 1.807) is 7.11 Å². The van der Waals surface area contributed by atoms with Crippen molar-refractivity contribution in [1.29, 1.82) is 0 Å². The van der Waals surface area contributed by atoms with Crippen LogP contribution in [0.25, 0.3) is 0 Å². The maximum absolute atomic E-state index is 13.0. The summed E-state index contributed by atoms with van der Waals surface area (Å²) in [5.41, 5.74) is 4.61. The third-order valence-corrected chi connectivity index (χ3v) is 5.03. The lowest BCUT2D eigenvalue weighted by Crippen LogP contribution is -2.45. The summed E-state index contributed by atoms with van der Waals surface area (Å²) in [5.74, 6) is 1.02. The Hall–Kier alpha value is -2.33. The van der Waals surface area contributed by atoms with E-state index in [0.29, 0.717) is 6.54 Å². The monoisotopic (exact) mass is 338 g/mol. The van der Waals surface area contributed by atoms with Crippen molar-refractivity contribution < 1.29 is 9.53 Å². The molecule has 2 aromatic carbocycles. The van der Waals surface area contributed by atoms with Gasteiger partial charge in [-0.15, -0.1) is 0 Å². The van der Waals surface area contributed by atoms with Gasteiger partial charge >= 0.3 is 0 Å². The van der Waals surface area contributed by atoms with Crippen LogP contribution in [0, 0.1) is 6.92 Å². The van der Waals surface area contributed by atoms with E-state index >= 15 is 0 Å². The minimum atomic E-state index is -0.198. The molecule has 1 aliphatic rings. The maximum atomic E-state index is 13.0. The molecule has 0 saturated carbocycles. The fourth-order valence-corrected chi connectivity index (χ4v) is 3.42. The number of methoxy groups -OCH3 is 1. The van der Waals surface area contributed by atoms with Crippen molar-refractivity contribution in [3.05, 3.63) is 59.2 Å². The molecule has 132 valence electrons. The number of benzene rings is 2. The molecule has 4 nitrogen and oxygen atoms in total. The van der Waals surface area contributed by atoms with E-state index in [4.69, 9.17) is 4.74 Å². The zero-order valence-electron chi connectivity index (χ0n) is 15.5. The second-order valence-corrected chi connectivity index (χ2v) is 6.77. The Morgan fingerprint density at radius 1 is 1.28 bits per heavy atom. The van der Waals surface area contributed by atoms with Crippen LogP contribution in [-0.4, -0.2) is 37.6 Å². The van der Waals surface area contributed by atoms with Crippen LogP contribution in [0.5, 0.6) is 5.75 Å². The fraction of sp³-hybridized carbons (Fsp3) is 0.381. The van der Waals surface area contributed by atoms with Crippen molar-refractivity contribution in [2.24, 2.45) is 0 Å². The Morgan fingerprint density at radius 3 is 2.80 bits per heavy atom. The first-order valence-corrected chi connectivity index (χ1v) is 8.74. The number of likely N-dealkylation sites (N-methyl/N-ethyl adjacent to an activating group) is 1. The summed E-state index contributed by atoms with van der Waals surface area (Å²) < 4.78 is 5.47. The van der Waals surface area contributed by atoms with Crippen molar-refractivity contribution >= 4 is 11.6 Å². The minimum absolute atomic E-state index is 0.152. The lowest BCUT2D eigenvalue weighted by Gasteiger charge is -2.29. The topological polar surface area (TPSA) is 32.8 Å². The molecule has 1 unspecified atom stereocenters. The molecular formula is C21H26N2O2. The molecule has 1 aliphatic heterocycles. The minimum Gasteiger partial charge on any atom is -0.496 e. The number of fused-ring (bicyclic) bond motifs is 1. The second kappa shape index (κ2) is 7.28. The quantitative estimate of drug-likeness (QED) is 0.837. The molecule has 0 bridgehead atoms. The lowest BCUT2D eigenvalue weighted by molar-refractivity contribution is -0.122. The molecule has 0 aromatic heterocycles. The first kappa shape index (κ1) is 17.5. The van der Waals surface area contributed by atoms with Crippen LogP contribution in [0.15, 0.2) is 42.5 Å². The molecule has 0 fully saturated rings. The van der Waals surface area contributed by atoms with Crippen molar-refractivity contribution in [3.8, 4) is 5.75 Å². The van der Waals surface area contributed by atoms with E-state index in [1.807, 2.05) is 49.2 Å². The SMILES string of the molecule is COc1ccc(C)cc1CN(C)C(C)C(=O)N1CCc2ccccc21. The molecule has 0 spiro atoms. The molecule has 2 aromatic rings. The highest BCUT2D eigenvalue weighted by Crippen LogP contribution is 2.29. The highest BCUT2D eigenvalue weighted by atomic mass is 16.5. The van der Waals surface area contributed by atoms with E-state index in [2.05, 4.69) is 24.0 Å². The molecule has 0 aliphatic carbocycles. The van der Waals surface area contributed by atoms with E-state index in [9.17, 15) is 4.79 Å². The summed E-state index contributed by atoms with van der Waals surface area (Å²) in [6.45, 7) is 5.49. The van der Waals surface area contributed by atoms with E-state index in [0.717, 1.165) is 30.0 Å². The number of amides is 1. The number of carbonyl (C=O) groups excluding carboxylic acids is 1. The number of hydrogen-bond acceptors (Lipinski definition) is 3. The smallest absolute Gasteiger partial charge is 0.244 e. The molecule has 4 heteroatoms. The maximum Gasteiger partial charge on any atom is 0.244 e. The number of carbonyl (C=O) groups is 1. The predicted molar refractivity (Wildman–Crippen MR) is 101 cm³/mol. The number of ether oxygens (including phenoxy) is 1. The van der Waals surface area contributed by atoms with Crippen molar-refractivity contribution in [3.63, 3.8) is 0 Å². The van der Waals surface area contributed by atoms with Gasteiger partial charge in [0.15, 0.2) is 0 Å². The van der Waals surface area contributed by atoms with Crippen LogP contribution in [0.4, 0.5) is 5.69 Å². The van der Waals surface area contributed by atoms with E-state index < -0.39 is 0 Å². The molecule has 0 radical (unpaired) electrons. The number of para-hydroxylation sites is 1. The van der Waals surface area contributed by atoms with Gasteiger partial charge in [0.1, 0.15) is 5.75 Å². The van der Waals surface area contributed by atoms with Crippen LogP contribution in [0.3, 0.4) is 0 Å². The largest absolute Gasteiger partial charge is 0.496 e. The fourth-order valence-electron chi connectivity index (χ4n) is 3.42. The molecule has 0 saturated heterocycles. The highest BCUT2D eigenvalue weighted by molar-refractivity contribution is 5.98. The van der Waals surface area contributed by atoms with Crippen molar-refractivity contribution in [2.45, 2.75) is 32.9 Å². The number of hydrogen-bond donors (Lipinski definition) is 0. The Bertz CT molecular complexity index is 772. The zero-order chi connectivity index (χ0) is 18.0. The van der Waals surface area contributed by atoms with E-state index in [1.165, 1.54) is 11.1 Å². The number of aryl methyl sites for hydroxylation is 1. The van der Waals surface area contributed by atoms with Crippen LogP contribution in [0.1, 0.15) is 23.6 Å². The van der Waals surface area contributed by atoms with E-state index in [-0.39, 0.29) is 11.9 Å². The number of nitrogens with zero attached hydrogens (tertiary/aromatic N) is 2. The van der Waals surface area contributed by atoms with Crippen molar-refractivity contribution in [2.75, 3.05) is 25.6 Å². The average molecular weight is 338 g/mol. The Kier molecular flexibility index (Phi) is 5.09. The summed E-state index contributed by atoms with van der Waals surface area (Å²) >= 11 is 0. The average Bonchev–Trinajstić information content (AvgIpc) is 3.04. The highest BCUT2D eigenvalue weighted by Gasteiger charge is 2.29.